The van der Waals surface area contributed by atoms with Gasteiger partial charge in [0, 0.05) is 30.9 Å². The maximum Gasteiger partial charge on any atom is 0.257 e. The number of carbonyl (C=O) groups is 2. The summed E-state index contributed by atoms with van der Waals surface area (Å²) in [7, 11) is 0. The third kappa shape index (κ3) is 3.25. The second-order valence-electron chi connectivity index (χ2n) is 6.67. The molecule has 28 heavy (non-hydrogen) atoms. The number of hydrogen-bond acceptors (Lipinski definition) is 4. The number of fused-ring (bicyclic) bond motifs is 1. The Balaban J connectivity index is 1.67. The number of pyridine rings is 2. The first-order valence-corrected chi connectivity index (χ1v) is 9.25. The van der Waals surface area contributed by atoms with Crippen molar-refractivity contribution in [1.29, 1.82) is 0 Å². The molecule has 0 aromatic carbocycles. The highest BCUT2D eigenvalue weighted by Gasteiger charge is 2.27. The molecule has 1 aliphatic heterocycles. The molecule has 1 unspecified atom stereocenters. The van der Waals surface area contributed by atoms with E-state index in [1.807, 2.05) is 24.4 Å². The average molecular weight is 396 g/mol. The van der Waals surface area contributed by atoms with Gasteiger partial charge in [-0.2, -0.15) is 0 Å². The number of amides is 2. The van der Waals surface area contributed by atoms with Crippen molar-refractivity contribution < 1.29 is 9.59 Å². The third-order valence-corrected chi connectivity index (χ3v) is 5.18. The van der Waals surface area contributed by atoms with E-state index in [9.17, 15) is 9.59 Å². The largest absolute Gasteiger partial charge is 0.346 e. The van der Waals surface area contributed by atoms with Gasteiger partial charge in [0.1, 0.15) is 16.6 Å². The quantitative estimate of drug-likeness (QED) is 0.523. The minimum atomic E-state index is -0.134. The number of halogens is 1. The van der Waals surface area contributed by atoms with Crippen LogP contribution in [0.3, 0.4) is 0 Å². The van der Waals surface area contributed by atoms with E-state index in [1.165, 1.54) is 0 Å². The summed E-state index contributed by atoms with van der Waals surface area (Å²) >= 11 is 6.08. The highest BCUT2D eigenvalue weighted by molar-refractivity contribution is 6.32. The lowest BCUT2D eigenvalue weighted by Crippen LogP contribution is -2.38. The molecule has 0 fully saturated rings. The molecular formula is C20H18ClN5O2. The molecular weight excluding hydrogens is 378 g/mol. The lowest BCUT2D eigenvalue weighted by Gasteiger charge is -2.32. The standard InChI is InChI=1S/C20H18ClN5O2/c1-12-10-26(20(28)15-3-2-6-22-18(15)21)8-5-13(12)16-9-17(24-11-27)25-19-14(16)4-7-23-19/h2-7,9,11-12H,8,10H2,1H3,(H2,23,24,25,27). The average Bonchev–Trinajstić information content (AvgIpc) is 3.16. The Morgan fingerprint density at radius 3 is 3.04 bits per heavy atom. The Labute approximate surface area is 166 Å². The van der Waals surface area contributed by atoms with Gasteiger partial charge in [0.15, 0.2) is 0 Å². The maximum atomic E-state index is 12.8. The number of aromatic amines is 1. The van der Waals surface area contributed by atoms with E-state index >= 15 is 0 Å². The summed E-state index contributed by atoms with van der Waals surface area (Å²) in [6, 6.07) is 7.21. The van der Waals surface area contributed by atoms with Gasteiger partial charge in [-0.05, 0) is 41.3 Å². The van der Waals surface area contributed by atoms with Crippen LogP contribution in [0.1, 0.15) is 22.8 Å². The van der Waals surface area contributed by atoms with Gasteiger partial charge < -0.3 is 15.2 Å². The van der Waals surface area contributed by atoms with Gasteiger partial charge in [-0.15, -0.1) is 0 Å². The summed E-state index contributed by atoms with van der Waals surface area (Å²) in [6.45, 7) is 3.09. The van der Waals surface area contributed by atoms with Crippen molar-refractivity contribution in [3.8, 4) is 0 Å². The fourth-order valence-corrected chi connectivity index (χ4v) is 3.78. The van der Waals surface area contributed by atoms with E-state index < -0.39 is 0 Å². The number of carbonyl (C=O) groups excluding carboxylic acids is 2. The lowest BCUT2D eigenvalue weighted by molar-refractivity contribution is -0.105. The summed E-state index contributed by atoms with van der Waals surface area (Å²) in [5.74, 6) is 0.441. The molecule has 3 aromatic heterocycles. The first kappa shape index (κ1) is 18.2. The molecule has 2 N–H and O–H groups in total. The Hall–Kier alpha value is -3.19. The summed E-state index contributed by atoms with van der Waals surface area (Å²) in [5.41, 5.74) is 3.22. The topological polar surface area (TPSA) is 91.0 Å². The Kier molecular flexibility index (Phi) is 4.83. The van der Waals surface area contributed by atoms with E-state index in [0.717, 1.165) is 16.5 Å². The molecule has 0 spiro atoms. The molecule has 3 aromatic rings. The predicted molar refractivity (Wildman–Crippen MR) is 108 cm³/mol. The zero-order valence-electron chi connectivity index (χ0n) is 15.1. The van der Waals surface area contributed by atoms with Crippen molar-refractivity contribution in [2.75, 3.05) is 18.4 Å². The van der Waals surface area contributed by atoms with Gasteiger partial charge in [0.25, 0.3) is 5.91 Å². The van der Waals surface area contributed by atoms with Crippen LogP contribution in [0.25, 0.3) is 16.6 Å². The molecule has 0 bridgehead atoms. The number of nitrogens with one attached hydrogen (secondary N) is 2. The fraction of sp³-hybridized carbons (Fsp3) is 0.200. The van der Waals surface area contributed by atoms with Gasteiger partial charge in [-0.3, -0.25) is 9.59 Å². The van der Waals surface area contributed by atoms with Crippen molar-refractivity contribution >= 4 is 46.3 Å². The number of hydrogen-bond donors (Lipinski definition) is 2. The van der Waals surface area contributed by atoms with Crippen LogP contribution in [-0.4, -0.2) is 45.3 Å². The number of nitrogens with zero attached hydrogens (tertiary/aromatic N) is 3. The summed E-state index contributed by atoms with van der Waals surface area (Å²) < 4.78 is 0. The zero-order valence-corrected chi connectivity index (χ0v) is 15.9. The van der Waals surface area contributed by atoms with Crippen LogP contribution in [0.4, 0.5) is 5.82 Å². The Morgan fingerprint density at radius 2 is 2.29 bits per heavy atom. The highest BCUT2D eigenvalue weighted by atomic mass is 35.5. The molecule has 4 heterocycles. The molecule has 0 aliphatic carbocycles. The maximum absolute atomic E-state index is 12.8. The second-order valence-corrected chi connectivity index (χ2v) is 7.03. The van der Waals surface area contributed by atoms with E-state index in [1.54, 1.807) is 23.2 Å². The van der Waals surface area contributed by atoms with Crippen molar-refractivity contribution in [3.63, 3.8) is 0 Å². The van der Waals surface area contributed by atoms with E-state index in [0.29, 0.717) is 36.5 Å². The summed E-state index contributed by atoms with van der Waals surface area (Å²) in [4.78, 5) is 36.9. The third-order valence-electron chi connectivity index (χ3n) is 4.88. The Morgan fingerprint density at radius 1 is 1.43 bits per heavy atom. The molecule has 8 heteroatoms. The molecule has 0 saturated heterocycles. The molecule has 4 rings (SSSR count). The van der Waals surface area contributed by atoms with Crippen LogP contribution < -0.4 is 5.32 Å². The molecule has 2 amide bonds. The van der Waals surface area contributed by atoms with Crippen LogP contribution in [0, 0.1) is 5.92 Å². The normalized spacial score (nSPS) is 16.7. The minimum absolute atomic E-state index is 0.0951. The molecule has 142 valence electrons. The van der Waals surface area contributed by atoms with E-state index in [4.69, 9.17) is 11.6 Å². The van der Waals surface area contributed by atoms with Crippen molar-refractivity contribution in [3.05, 3.63) is 59.0 Å². The zero-order chi connectivity index (χ0) is 19.7. The van der Waals surface area contributed by atoms with Crippen molar-refractivity contribution in [1.82, 2.24) is 19.9 Å². The van der Waals surface area contributed by atoms with Gasteiger partial charge >= 0.3 is 0 Å². The molecule has 1 aliphatic rings. The van der Waals surface area contributed by atoms with Crippen molar-refractivity contribution in [2.24, 2.45) is 5.92 Å². The predicted octanol–water partition coefficient (Wildman–Crippen LogP) is 3.36. The summed E-state index contributed by atoms with van der Waals surface area (Å²) in [5, 5.41) is 3.80. The van der Waals surface area contributed by atoms with Gasteiger partial charge in [-0.25, -0.2) is 9.97 Å². The molecule has 7 nitrogen and oxygen atoms in total. The van der Waals surface area contributed by atoms with E-state index in [2.05, 4.69) is 27.2 Å². The van der Waals surface area contributed by atoms with Crippen LogP contribution in [-0.2, 0) is 4.79 Å². The van der Waals surface area contributed by atoms with Gasteiger partial charge in [0.2, 0.25) is 6.41 Å². The minimum Gasteiger partial charge on any atom is -0.346 e. The number of aromatic nitrogens is 3. The van der Waals surface area contributed by atoms with Crippen LogP contribution in [0.15, 0.2) is 42.7 Å². The molecule has 0 saturated carbocycles. The molecule has 0 radical (unpaired) electrons. The number of rotatable bonds is 4. The van der Waals surface area contributed by atoms with E-state index in [-0.39, 0.29) is 17.0 Å². The second kappa shape index (κ2) is 7.44. The lowest BCUT2D eigenvalue weighted by atomic mass is 9.89. The Bertz CT molecular complexity index is 1090. The van der Waals surface area contributed by atoms with Crippen LogP contribution in [0.5, 0.6) is 0 Å². The van der Waals surface area contributed by atoms with Gasteiger partial charge in [-0.1, -0.05) is 24.6 Å². The molecule has 1 atom stereocenters. The first-order valence-electron chi connectivity index (χ1n) is 8.87. The highest BCUT2D eigenvalue weighted by Crippen LogP contribution is 2.34. The smallest absolute Gasteiger partial charge is 0.257 e. The number of H-pyrrole nitrogens is 1. The van der Waals surface area contributed by atoms with Crippen molar-refractivity contribution in [2.45, 2.75) is 6.92 Å². The summed E-state index contributed by atoms with van der Waals surface area (Å²) in [6.07, 6.45) is 6.03. The first-order chi connectivity index (χ1) is 13.6. The SMILES string of the molecule is CC1CN(C(=O)c2cccnc2Cl)CC=C1c1cc(NC=O)nc2[nH]ccc12. The van der Waals surface area contributed by atoms with Crippen LogP contribution >= 0.6 is 11.6 Å². The monoisotopic (exact) mass is 395 g/mol. The van der Waals surface area contributed by atoms with Crippen LogP contribution in [0.2, 0.25) is 5.15 Å². The van der Waals surface area contributed by atoms with Gasteiger partial charge in [0.05, 0.1) is 5.56 Å². The number of anilines is 1. The fourth-order valence-electron chi connectivity index (χ4n) is 3.58.